The first-order valence-corrected chi connectivity index (χ1v) is 9.15. The van der Waals surface area contributed by atoms with E-state index >= 15 is 0 Å². The Kier molecular flexibility index (Phi) is 5.28. The molecule has 1 heterocycles. The number of sulfonamides is 1. The lowest BCUT2D eigenvalue weighted by Crippen LogP contribution is -2.15. The van der Waals surface area contributed by atoms with Crippen molar-refractivity contribution in [1.82, 2.24) is 10.2 Å². The fourth-order valence-corrected chi connectivity index (χ4v) is 3.71. The van der Waals surface area contributed by atoms with E-state index in [9.17, 15) is 13.2 Å². The Balaban J connectivity index is 2.29. The number of nitrogens with one attached hydrogen (secondary N) is 2. The van der Waals surface area contributed by atoms with Crippen molar-refractivity contribution in [2.45, 2.75) is 44.4 Å². The third-order valence-corrected chi connectivity index (χ3v) is 5.31. The molecular formula is C16H21N3O4S. The number of hydrogen-bond acceptors (Lipinski definition) is 4. The van der Waals surface area contributed by atoms with Crippen molar-refractivity contribution in [2.75, 3.05) is 4.72 Å². The molecular weight excluding hydrogens is 330 g/mol. The summed E-state index contributed by atoms with van der Waals surface area (Å²) >= 11 is 0. The van der Waals surface area contributed by atoms with Gasteiger partial charge >= 0.3 is 5.97 Å². The molecule has 1 aromatic heterocycles. The fourth-order valence-electron chi connectivity index (χ4n) is 2.45. The van der Waals surface area contributed by atoms with E-state index in [0.717, 1.165) is 24.6 Å². The molecule has 2 aromatic rings. The van der Waals surface area contributed by atoms with Crippen LogP contribution in [-0.4, -0.2) is 29.7 Å². The summed E-state index contributed by atoms with van der Waals surface area (Å²) in [6.45, 7) is 5.73. The number of aryl methyl sites for hydroxylation is 1. The van der Waals surface area contributed by atoms with Gasteiger partial charge in [0.2, 0.25) is 0 Å². The van der Waals surface area contributed by atoms with Crippen LogP contribution in [0.15, 0.2) is 29.2 Å². The third kappa shape index (κ3) is 3.94. The zero-order valence-corrected chi connectivity index (χ0v) is 14.6. The Labute approximate surface area is 141 Å². The molecule has 0 aliphatic heterocycles. The van der Waals surface area contributed by atoms with Gasteiger partial charge in [-0.3, -0.25) is 9.82 Å². The second-order valence-corrected chi connectivity index (χ2v) is 7.44. The van der Waals surface area contributed by atoms with Crippen LogP contribution in [0, 0.1) is 6.92 Å². The number of hydrogen-bond donors (Lipinski definition) is 3. The number of aromatic carboxylic acids is 1. The van der Waals surface area contributed by atoms with Crippen LogP contribution in [0.1, 0.15) is 54.2 Å². The summed E-state index contributed by atoms with van der Waals surface area (Å²) in [5.41, 5.74) is 1.23. The maximum absolute atomic E-state index is 12.5. The second kappa shape index (κ2) is 7.04. The molecule has 24 heavy (non-hydrogen) atoms. The lowest BCUT2D eigenvalue weighted by atomic mass is 10.0. The number of carboxylic acid groups (broad SMARTS) is 1. The molecule has 0 aliphatic rings. The average molecular weight is 351 g/mol. The van der Waals surface area contributed by atoms with Gasteiger partial charge in [0.1, 0.15) is 0 Å². The normalized spacial score (nSPS) is 12.8. The zero-order chi connectivity index (χ0) is 17.9. The second-order valence-electron chi connectivity index (χ2n) is 5.79. The summed E-state index contributed by atoms with van der Waals surface area (Å²) < 4.78 is 27.5. The lowest BCUT2D eigenvalue weighted by molar-refractivity contribution is 0.0696. The summed E-state index contributed by atoms with van der Waals surface area (Å²) in [4.78, 5) is 11.0. The van der Waals surface area contributed by atoms with Crippen molar-refractivity contribution in [2.24, 2.45) is 0 Å². The number of carbonyl (C=O) groups is 1. The number of carboxylic acids is 1. The Hall–Kier alpha value is -2.35. The van der Waals surface area contributed by atoms with Gasteiger partial charge in [0.25, 0.3) is 10.0 Å². The van der Waals surface area contributed by atoms with Gasteiger partial charge in [-0.15, -0.1) is 0 Å². The Bertz CT molecular complexity index is 843. The molecule has 8 heteroatoms. The predicted molar refractivity (Wildman–Crippen MR) is 90.9 cm³/mol. The highest BCUT2D eigenvalue weighted by Gasteiger charge is 2.21. The topological polar surface area (TPSA) is 112 Å². The molecule has 0 radical (unpaired) electrons. The Morgan fingerprint density at radius 3 is 2.71 bits per heavy atom. The highest BCUT2D eigenvalue weighted by molar-refractivity contribution is 7.92. The Morgan fingerprint density at radius 1 is 1.38 bits per heavy atom. The van der Waals surface area contributed by atoms with E-state index in [4.69, 9.17) is 5.11 Å². The van der Waals surface area contributed by atoms with Crippen LogP contribution in [-0.2, 0) is 10.0 Å². The first-order chi connectivity index (χ1) is 11.2. The van der Waals surface area contributed by atoms with Crippen molar-refractivity contribution >= 4 is 21.8 Å². The summed E-state index contributed by atoms with van der Waals surface area (Å²) in [5, 5.41) is 15.9. The molecule has 1 atom stereocenters. The molecule has 1 aromatic carbocycles. The van der Waals surface area contributed by atoms with Gasteiger partial charge < -0.3 is 5.11 Å². The molecule has 0 spiro atoms. The molecule has 1 unspecified atom stereocenters. The number of benzene rings is 1. The number of H-pyrrole nitrogens is 1. The molecule has 0 bridgehead atoms. The molecule has 0 amide bonds. The smallest absolute Gasteiger partial charge is 0.335 e. The summed E-state index contributed by atoms with van der Waals surface area (Å²) in [6.07, 6.45) is 1.98. The van der Waals surface area contributed by atoms with E-state index in [-0.39, 0.29) is 22.2 Å². The molecule has 2 rings (SSSR count). The van der Waals surface area contributed by atoms with Gasteiger partial charge in [0, 0.05) is 11.8 Å². The van der Waals surface area contributed by atoms with Crippen LogP contribution in [0.5, 0.6) is 0 Å². The van der Waals surface area contributed by atoms with Gasteiger partial charge in [0.15, 0.2) is 5.82 Å². The number of rotatable bonds is 7. The van der Waals surface area contributed by atoms with Crippen molar-refractivity contribution < 1.29 is 18.3 Å². The van der Waals surface area contributed by atoms with Gasteiger partial charge in [-0.05, 0) is 37.0 Å². The monoisotopic (exact) mass is 351 g/mol. The van der Waals surface area contributed by atoms with Crippen LogP contribution in [0.25, 0.3) is 0 Å². The summed E-state index contributed by atoms with van der Waals surface area (Å²) in [6, 6.07) is 5.65. The van der Waals surface area contributed by atoms with Crippen molar-refractivity contribution in [3.63, 3.8) is 0 Å². The number of nitrogens with zero attached hydrogens (tertiary/aromatic N) is 1. The highest BCUT2D eigenvalue weighted by atomic mass is 32.2. The van der Waals surface area contributed by atoms with E-state index in [0.29, 0.717) is 5.56 Å². The average Bonchev–Trinajstić information content (AvgIpc) is 2.95. The number of aromatic amines is 1. The van der Waals surface area contributed by atoms with Crippen LogP contribution < -0.4 is 4.72 Å². The Morgan fingerprint density at radius 2 is 2.08 bits per heavy atom. The quantitative estimate of drug-likeness (QED) is 0.709. The van der Waals surface area contributed by atoms with Gasteiger partial charge in [-0.1, -0.05) is 26.3 Å². The minimum atomic E-state index is -3.92. The lowest BCUT2D eigenvalue weighted by Gasteiger charge is -2.09. The third-order valence-electron chi connectivity index (χ3n) is 3.81. The first kappa shape index (κ1) is 18.0. The van der Waals surface area contributed by atoms with Crippen molar-refractivity contribution in [1.29, 1.82) is 0 Å². The maximum Gasteiger partial charge on any atom is 0.335 e. The maximum atomic E-state index is 12.5. The van der Waals surface area contributed by atoms with E-state index in [2.05, 4.69) is 21.8 Å². The fraction of sp³-hybridized carbons (Fsp3) is 0.375. The molecule has 0 aliphatic carbocycles. The van der Waals surface area contributed by atoms with Gasteiger partial charge in [0.05, 0.1) is 10.5 Å². The van der Waals surface area contributed by atoms with Crippen LogP contribution in [0.3, 0.4) is 0 Å². The van der Waals surface area contributed by atoms with E-state index in [1.54, 1.807) is 13.0 Å². The molecule has 0 saturated heterocycles. The summed E-state index contributed by atoms with van der Waals surface area (Å²) in [5.74, 6) is -0.743. The molecule has 130 valence electrons. The first-order valence-electron chi connectivity index (χ1n) is 7.66. The minimum absolute atomic E-state index is 0.0754. The summed E-state index contributed by atoms with van der Waals surface area (Å²) in [7, 11) is -3.92. The standard InChI is InChI=1S/C16H21N3O4S/c1-4-5-10(2)13-9-15(18-17-13)19-24(22,23)14-8-12(16(20)21)7-6-11(14)3/h6-10H,4-5H2,1-3H3,(H,20,21)(H2,17,18,19). The van der Waals surface area contributed by atoms with Crippen LogP contribution in [0.2, 0.25) is 0 Å². The largest absolute Gasteiger partial charge is 0.478 e. The SMILES string of the molecule is CCCC(C)c1cc(NS(=O)(=O)c2cc(C(=O)O)ccc2C)n[nH]1. The molecule has 0 saturated carbocycles. The van der Waals surface area contributed by atoms with Gasteiger partial charge in [-0.25, -0.2) is 13.2 Å². The van der Waals surface area contributed by atoms with Crippen molar-refractivity contribution in [3.05, 3.63) is 41.1 Å². The van der Waals surface area contributed by atoms with Gasteiger partial charge in [-0.2, -0.15) is 5.10 Å². The van der Waals surface area contributed by atoms with Crippen LogP contribution >= 0.6 is 0 Å². The zero-order valence-electron chi connectivity index (χ0n) is 13.8. The van der Waals surface area contributed by atoms with Crippen molar-refractivity contribution in [3.8, 4) is 0 Å². The number of aromatic nitrogens is 2. The highest BCUT2D eigenvalue weighted by Crippen LogP contribution is 2.23. The number of anilines is 1. The molecule has 7 nitrogen and oxygen atoms in total. The molecule has 3 N–H and O–H groups in total. The van der Waals surface area contributed by atoms with E-state index < -0.39 is 16.0 Å². The molecule has 0 fully saturated rings. The van der Waals surface area contributed by atoms with E-state index in [1.165, 1.54) is 12.1 Å². The van der Waals surface area contributed by atoms with E-state index in [1.807, 2.05) is 6.92 Å². The minimum Gasteiger partial charge on any atom is -0.478 e. The predicted octanol–water partition coefficient (Wildman–Crippen LogP) is 3.12. The van der Waals surface area contributed by atoms with Crippen LogP contribution in [0.4, 0.5) is 5.82 Å².